The minimum Gasteiger partial charge on any atom is -0.354 e. The quantitative estimate of drug-likeness (QED) is 0.811. The minimum atomic E-state index is -0.00621. The Hall–Kier alpha value is -0.890. The summed E-state index contributed by atoms with van der Waals surface area (Å²) in [4.78, 5) is 29.7. The Morgan fingerprint density at radius 2 is 2.26 bits per heavy atom. The van der Waals surface area contributed by atoms with Gasteiger partial charge in [0.1, 0.15) is 0 Å². The highest BCUT2D eigenvalue weighted by Crippen LogP contribution is 2.25. The first-order chi connectivity index (χ1) is 10.2. The first-order valence-electron chi connectivity index (χ1n) is 7.47. The van der Waals surface area contributed by atoms with Crippen LogP contribution in [0.5, 0.6) is 0 Å². The van der Waals surface area contributed by atoms with Gasteiger partial charge in [-0.25, -0.2) is 4.98 Å². The van der Waals surface area contributed by atoms with Crippen molar-refractivity contribution in [2.75, 3.05) is 24.5 Å². The minimum absolute atomic E-state index is 0. The zero-order valence-corrected chi connectivity index (χ0v) is 15.2. The summed E-state index contributed by atoms with van der Waals surface area (Å²) in [7, 11) is 0. The highest BCUT2D eigenvalue weighted by Gasteiger charge is 2.24. The fraction of sp³-hybridized carbons (Fsp3) is 0.643. The second-order valence-electron chi connectivity index (χ2n) is 5.54. The number of carbonyl (C=O) groups is 2. The van der Waals surface area contributed by atoms with Gasteiger partial charge in [0.05, 0.1) is 12.1 Å². The van der Waals surface area contributed by atoms with Gasteiger partial charge < -0.3 is 10.6 Å². The molecule has 3 heterocycles. The van der Waals surface area contributed by atoms with Crippen LogP contribution >= 0.6 is 36.2 Å². The predicted molar refractivity (Wildman–Crippen MR) is 95.9 cm³/mol. The van der Waals surface area contributed by atoms with E-state index in [0.717, 1.165) is 36.8 Å². The molecule has 9 heteroatoms. The highest BCUT2D eigenvalue weighted by molar-refractivity contribution is 7.14. The molecule has 2 aliphatic heterocycles. The summed E-state index contributed by atoms with van der Waals surface area (Å²) in [6.45, 7) is 2.46. The Kier molecular flexibility index (Phi) is 8.25. The molecule has 0 spiro atoms. The van der Waals surface area contributed by atoms with Gasteiger partial charge in [-0.3, -0.25) is 14.5 Å². The van der Waals surface area contributed by atoms with E-state index in [0.29, 0.717) is 19.0 Å². The fourth-order valence-corrected chi connectivity index (χ4v) is 3.61. The van der Waals surface area contributed by atoms with Gasteiger partial charge in [-0.05, 0) is 25.8 Å². The molecule has 0 bridgehead atoms. The molecule has 23 heavy (non-hydrogen) atoms. The van der Waals surface area contributed by atoms with E-state index in [4.69, 9.17) is 0 Å². The van der Waals surface area contributed by atoms with Gasteiger partial charge in [0, 0.05) is 30.9 Å². The van der Waals surface area contributed by atoms with Gasteiger partial charge in [-0.15, -0.1) is 36.2 Å². The molecular weight excluding hydrogens is 359 g/mol. The van der Waals surface area contributed by atoms with Gasteiger partial charge in [-0.1, -0.05) is 0 Å². The Labute approximate surface area is 152 Å². The van der Waals surface area contributed by atoms with Crippen LogP contribution in [0.3, 0.4) is 0 Å². The van der Waals surface area contributed by atoms with Crippen LogP contribution in [0.1, 0.15) is 31.4 Å². The van der Waals surface area contributed by atoms with Gasteiger partial charge in [0.2, 0.25) is 11.8 Å². The summed E-state index contributed by atoms with van der Waals surface area (Å²) in [6, 6.07) is 0.405. The first-order valence-corrected chi connectivity index (χ1v) is 8.35. The number of hydrogen-bond donors (Lipinski definition) is 2. The summed E-state index contributed by atoms with van der Waals surface area (Å²) >= 11 is 1.44. The number of halogens is 2. The van der Waals surface area contributed by atoms with E-state index in [1.54, 1.807) is 4.90 Å². The number of hydrogen-bond acceptors (Lipinski definition) is 5. The van der Waals surface area contributed by atoms with Crippen molar-refractivity contribution in [2.24, 2.45) is 0 Å². The molecule has 1 aromatic heterocycles. The monoisotopic (exact) mass is 380 g/mol. The number of thiazole rings is 1. The molecule has 2 aliphatic rings. The fourth-order valence-electron chi connectivity index (χ4n) is 2.75. The maximum atomic E-state index is 11.9. The van der Waals surface area contributed by atoms with Gasteiger partial charge in [0.15, 0.2) is 5.13 Å². The molecule has 2 fully saturated rings. The number of amides is 2. The van der Waals surface area contributed by atoms with E-state index in [1.807, 2.05) is 5.38 Å². The smallest absolute Gasteiger partial charge is 0.228 e. The number of anilines is 1. The van der Waals surface area contributed by atoms with E-state index in [2.05, 4.69) is 15.6 Å². The van der Waals surface area contributed by atoms with Crippen molar-refractivity contribution in [1.29, 1.82) is 0 Å². The Morgan fingerprint density at radius 3 is 2.91 bits per heavy atom. The molecule has 2 amide bonds. The lowest BCUT2D eigenvalue weighted by Gasteiger charge is -2.11. The molecule has 1 atom stereocenters. The van der Waals surface area contributed by atoms with E-state index in [-0.39, 0.29) is 43.0 Å². The third-order valence-electron chi connectivity index (χ3n) is 3.89. The zero-order chi connectivity index (χ0) is 14.7. The lowest BCUT2D eigenvalue weighted by atomic mass is 10.2. The Bertz CT molecular complexity index is 535. The van der Waals surface area contributed by atoms with Gasteiger partial charge in [0.25, 0.3) is 0 Å². The highest BCUT2D eigenvalue weighted by atomic mass is 35.5. The van der Waals surface area contributed by atoms with Gasteiger partial charge in [-0.2, -0.15) is 0 Å². The second kappa shape index (κ2) is 9.42. The van der Waals surface area contributed by atoms with Crippen LogP contribution in [-0.2, 0) is 16.0 Å². The first kappa shape index (κ1) is 20.2. The molecule has 130 valence electrons. The zero-order valence-electron chi connectivity index (χ0n) is 12.7. The van der Waals surface area contributed by atoms with E-state index in [1.165, 1.54) is 17.8 Å². The summed E-state index contributed by atoms with van der Waals surface area (Å²) in [6.07, 6.45) is 4.08. The Balaban J connectivity index is 0.00000132. The van der Waals surface area contributed by atoms with Crippen molar-refractivity contribution in [3.8, 4) is 0 Å². The average molecular weight is 381 g/mol. The summed E-state index contributed by atoms with van der Waals surface area (Å²) in [5.41, 5.74) is 0.742. The lowest BCUT2D eigenvalue weighted by molar-refractivity contribution is -0.120. The van der Waals surface area contributed by atoms with Crippen LogP contribution in [0.25, 0.3) is 0 Å². The van der Waals surface area contributed by atoms with Crippen LogP contribution in [0.2, 0.25) is 0 Å². The summed E-state index contributed by atoms with van der Waals surface area (Å²) in [5.74, 6) is 0.126. The molecule has 6 nitrogen and oxygen atoms in total. The number of nitrogens with zero attached hydrogens (tertiary/aromatic N) is 2. The van der Waals surface area contributed by atoms with Crippen molar-refractivity contribution < 1.29 is 9.59 Å². The van der Waals surface area contributed by atoms with Crippen molar-refractivity contribution in [3.05, 3.63) is 11.1 Å². The third kappa shape index (κ3) is 5.31. The van der Waals surface area contributed by atoms with Gasteiger partial charge >= 0.3 is 0 Å². The average Bonchev–Trinajstić information content (AvgIpc) is 3.17. The lowest BCUT2D eigenvalue weighted by Crippen LogP contribution is -2.37. The molecule has 1 unspecified atom stereocenters. The maximum absolute atomic E-state index is 11.9. The van der Waals surface area contributed by atoms with Crippen LogP contribution in [0, 0.1) is 0 Å². The van der Waals surface area contributed by atoms with Crippen molar-refractivity contribution >= 4 is 53.1 Å². The molecule has 0 saturated carbocycles. The Morgan fingerprint density at radius 1 is 1.43 bits per heavy atom. The largest absolute Gasteiger partial charge is 0.354 e. The number of carbonyl (C=O) groups excluding carboxylic acids is 2. The SMILES string of the molecule is Cl.Cl.O=C(Cc1csc(N2CCCC2=O)n1)NCC1CCCN1. The molecular formula is C14H22Cl2N4O2S. The molecule has 1 aromatic rings. The van der Waals surface area contributed by atoms with Crippen molar-refractivity contribution in [1.82, 2.24) is 15.6 Å². The molecule has 3 rings (SSSR count). The van der Waals surface area contributed by atoms with Crippen LogP contribution in [0.4, 0.5) is 5.13 Å². The number of nitrogens with one attached hydrogen (secondary N) is 2. The third-order valence-corrected chi connectivity index (χ3v) is 4.81. The number of rotatable bonds is 5. The van der Waals surface area contributed by atoms with E-state index in [9.17, 15) is 9.59 Å². The molecule has 2 N–H and O–H groups in total. The predicted octanol–water partition coefficient (Wildman–Crippen LogP) is 1.52. The van der Waals surface area contributed by atoms with E-state index >= 15 is 0 Å². The summed E-state index contributed by atoms with van der Waals surface area (Å²) in [5, 5.41) is 8.88. The number of aromatic nitrogens is 1. The topological polar surface area (TPSA) is 74.3 Å². The molecule has 0 radical (unpaired) electrons. The van der Waals surface area contributed by atoms with Crippen LogP contribution in [0.15, 0.2) is 5.38 Å². The molecule has 2 saturated heterocycles. The second-order valence-corrected chi connectivity index (χ2v) is 6.38. The molecule has 0 aliphatic carbocycles. The normalized spacial score (nSPS) is 20.1. The molecule has 0 aromatic carbocycles. The standard InChI is InChI=1S/C14H20N4O2S.2ClH/c19-12(16-8-10-3-1-5-15-10)7-11-9-21-14(17-11)18-6-2-4-13(18)20;;/h9-10,15H,1-8H2,(H,16,19);2*1H. The maximum Gasteiger partial charge on any atom is 0.228 e. The van der Waals surface area contributed by atoms with Crippen LogP contribution in [-0.4, -0.2) is 42.5 Å². The van der Waals surface area contributed by atoms with Crippen molar-refractivity contribution in [2.45, 2.75) is 38.1 Å². The van der Waals surface area contributed by atoms with Crippen LogP contribution < -0.4 is 15.5 Å². The van der Waals surface area contributed by atoms with E-state index < -0.39 is 0 Å². The van der Waals surface area contributed by atoms with Crippen molar-refractivity contribution in [3.63, 3.8) is 0 Å². The summed E-state index contributed by atoms with van der Waals surface area (Å²) < 4.78 is 0.